The molecular weight excluding hydrogens is 348 g/mol. The Morgan fingerprint density at radius 3 is 2.88 bits per heavy atom. The highest BCUT2D eigenvalue weighted by molar-refractivity contribution is 6.30. The Morgan fingerprint density at radius 1 is 1.31 bits per heavy atom. The summed E-state index contributed by atoms with van der Waals surface area (Å²) < 4.78 is 1.82. The Morgan fingerprint density at radius 2 is 2.15 bits per heavy atom. The molecule has 0 radical (unpaired) electrons. The maximum absolute atomic E-state index is 12.1. The maximum Gasteiger partial charge on any atom is 0.166 e. The van der Waals surface area contributed by atoms with Crippen LogP contribution in [0.2, 0.25) is 5.02 Å². The van der Waals surface area contributed by atoms with Gasteiger partial charge in [-0.25, -0.2) is 4.98 Å². The Bertz CT molecular complexity index is 1040. The van der Waals surface area contributed by atoms with Crippen LogP contribution in [-0.4, -0.2) is 14.5 Å². The molecule has 0 N–H and O–H groups in total. The number of pyridine rings is 1. The van der Waals surface area contributed by atoms with Gasteiger partial charge >= 0.3 is 0 Å². The van der Waals surface area contributed by atoms with Crippen molar-refractivity contribution in [2.24, 2.45) is 12.2 Å². The first kappa shape index (κ1) is 16.7. The van der Waals surface area contributed by atoms with Crippen molar-refractivity contribution in [3.05, 3.63) is 87.1 Å². The van der Waals surface area contributed by atoms with Crippen LogP contribution >= 0.6 is 11.6 Å². The van der Waals surface area contributed by atoms with Crippen molar-refractivity contribution in [3.63, 3.8) is 0 Å². The van der Waals surface area contributed by atoms with Gasteiger partial charge in [-0.05, 0) is 53.5 Å². The lowest BCUT2D eigenvalue weighted by molar-refractivity contribution is 0.593. The highest BCUT2D eigenvalue weighted by atomic mass is 35.5. The van der Waals surface area contributed by atoms with Crippen molar-refractivity contribution in [2.45, 2.75) is 18.9 Å². The van der Waals surface area contributed by atoms with Crippen molar-refractivity contribution < 1.29 is 0 Å². The highest BCUT2D eigenvalue weighted by Crippen LogP contribution is 2.44. The zero-order valence-electron chi connectivity index (χ0n) is 14.5. The van der Waals surface area contributed by atoms with Crippen LogP contribution in [0.5, 0.6) is 0 Å². The fourth-order valence-electron chi connectivity index (χ4n) is 3.56. The highest BCUT2D eigenvalue weighted by Gasteiger charge is 2.38. The summed E-state index contributed by atoms with van der Waals surface area (Å²) in [5.41, 5.74) is 4.32. The second kappa shape index (κ2) is 6.18. The van der Waals surface area contributed by atoms with E-state index in [1.807, 2.05) is 54.9 Å². The van der Waals surface area contributed by atoms with E-state index in [0.717, 1.165) is 33.7 Å². The minimum atomic E-state index is -1.11. The van der Waals surface area contributed by atoms with Gasteiger partial charge in [-0.15, -0.1) is 4.91 Å². The molecule has 1 aliphatic carbocycles. The lowest BCUT2D eigenvalue weighted by Crippen LogP contribution is -2.24. The fraction of sp³-hybridized carbons (Fsp3) is 0.200. The molecule has 130 valence electrons. The molecule has 26 heavy (non-hydrogen) atoms. The van der Waals surface area contributed by atoms with Gasteiger partial charge in [-0.1, -0.05) is 28.9 Å². The van der Waals surface area contributed by atoms with Crippen molar-refractivity contribution in [3.8, 4) is 0 Å². The van der Waals surface area contributed by atoms with E-state index in [1.165, 1.54) is 0 Å². The monoisotopic (exact) mass is 364 g/mol. The third-order valence-corrected chi connectivity index (χ3v) is 5.20. The van der Waals surface area contributed by atoms with Gasteiger partial charge in [0.15, 0.2) is 5.54 Å². The van der Waals surface area contributed by atoms with E-state index in [1.54, 1.807) is 18.7 Å². The van der Waals surface area contributed by atoms with Gasteiger partial charge in [0.05, 0.1) is 23.9 Å². The Labute approximate surface area is 156 Å². The van der Waals surface area contributed by atoms with Gasteiger partial charge in [-0.2, -0.15) is 0 Å². The van der Waals surface area contributed by atoms with Crippen molar-refractivity contribution in [1.29, 1.82) is 0 Å². The molecule has 1 aromatic carbocycles. The number of hydrogen-bond donors (Lipinski definition) is 0. The topological polar surface area (TPSA) is 60.1 Å². The average Bonchev–Trinajstić information content (AvgIpc) is 3.00. The molecule has 0 saturated heterocycles. The largest absolute Gasteiger partial charge is 0.335 e. The molecule has 1 atom stereocenters. The SMILES string of the molecule is Cn1cncc1C(C)(N=O)C1=Cc2cccnc2Cc2ccc(Cl)cc21. The predicted molar refractivity (Wildman–Crippen MR) is 103 cm³/mol. The summed E-state index contributed by atoms with van der Waals surface area (Å²) in [7, 11) is 1.86. The van der Waals surface area contributed by atoms with Gasteiger partial charge in [0, 0.05) is 24.7 Å². The lowest BCUT2D eigenvalue weighted by Gasteiger charge is -2.26. The predicted octanol–water partition coefficient (Wildman–Crippen LogP) is 4.60. The summed E-state index contributed by atoms with van der Waals surface area (Å²) in [6, 6.07) is 9.65. The van der Waals surface area contributed by atoms with E-state index in [4.69, 9.17) is 11.6 Å². The summed E-state index contributed by atoms with van der Waals surface area (Å²) >= 11 is 6.29. The van der Waals surface area contributed by atoms with Crippen LogP contribution in [0.25, 0.3) is 11.6 Å². The number of aromatic nitrogens is 3. The number of hydrogen-bond acceptors (Lipinski definition) is 4. The Kier molecular flexibility index (Phi) is 3.96. The lowest BCUT2D eigenvalue weighted by atomic mass is 9.82. The molecule has 0 saturated carbocycles. The zero-order chi connectivity index (χ0) is 18.3. The molecule has 0 spiro atoms. The molecule has 0 amide bonds. The molecule has 5 nitrogen and oxygen atoms in total. The fourth-order valence-corrected chi connectivity index (χ4v) is 3.73. The van der Waals surface area contributed by atoms with Gasteiger partial charge < -0.3 is 4.57 Å². The minimum absolute atomic E-state index is 0.617. The number of aryl methyl sites for hydroxylation is 1. The molecule has 2 heterocycles. The minimum Gasteiger partial charge on any atom is -0.335 e. The van der Waals surface area contributed by atoms with Crippen molar-refractivity contribution in [1.82, 2.24) is 14.5 Å². The van der Waals surface area contributed by atoms with Crippen LogP contribution in [-0.2, 0) is 19.0 Å². The number of nitrogens with zero attached hydrogens (tertiary/aromatic N) is 4. The Balaban J connectivity index is 2.04. The summed E-state index contributed by atoms with van der Waals surface area (Å²) in [6.45, 7) is 1.81. The summed E-state index contributed by atoms with van der Waals surface area (Å²) in [4.78, 5) is 20.8. The third kappa shape index (κ3) is 2.56. The second-order valence-corrected chi connectivity index (χ2v) is 7.07. The van der Waals surface area contributed by atoms with Crippen LogP contribution in [0.3, 0.4) is 0 Å². The average molecular weight is 365 g/mol. The van der Waals surface area contributed by atoms with Gasteiger partial charge in [0.25, 0.3) is 0 Å². The first-order valence-electron chi connectivity index (χ1n) is 8.29. The second-order valence-electron chi connectivity index (χ2n) is 6.63. The Hall–Kier alpha value is -2.79. The number of fused-ring (bicyclic) bond motifs is 2. The summed E-state index contributed by atoms with van der Waals surface area (Å²) in [5, 5.41) is 4.16. The molecule has 2 aromatic heterocycles. The normalized spacial score (nSPS) is 15.3. The number of benzene rings is 1. The number of imidazole rings is 1. The molecule has 6 heteroatoms. The number of halogens is 1. The van der Waals surface area contributed by atoms with Crippen molar-refractivity contribution >= 4 is 23.3 Å². The van der Waals surface area contributed by atoms with Gasteiger partial charge in [0.2, 0.25) is 0 Å². The molecule has 0 aliphatic heterocycles. The molecule has 4 rings (SSSR count). The van der Waals surface area contributed by atoms with Gasteiger partial charge in [0.1, 0.15) is 0 Å². The number of rotatable bonds is 3. The molecule has 0 bridgehead atoms. The zero-order valence-corrected chi connectivity index (χ0v) is 15.2. The maximum atomic E-state index is 12.1. The first-order valence-corrected chi connectivity index (χ1v) is 8.67. The third-order valence-electron chi connectivity index (χ3n) is 4.97. The number of nitroso groups, excluding NO2 is 1. The first-order chi connectivity index (χ1) is 12.5. The van der Waals surface area contributed by atoms with E-state index < -0.39 is 5.54 Å². The van der Waals surface area contributed by atoms with E-state index in [0.29, 0.717) is 11.4 Å². The smallest absolute Gasteiger partial charge is 0.166 e. The van der Waals surface area contributed by atoms with Crippen LogP contribution in [0, 0.1) is 4.91 Å². The van der Waals surface area contributed by atoms with Crippen LogP contribution in [0.1, 0.15) is 35.0 Å². The van der Waals surface area contributed by atoms with E-state index in [2.05, 4.69) is 15.1 Å². The van der Waals surface area contributed by atoms with E-state index >= 15 is 0 Å². The summed E-state index contributed by atoms with van der Waals surface area (Å²) in [6.07, 6.45) is 7.80. The molecule has 0 fully saturated rings. The molecular formula is C20H17ClN4O. The van der Waals surface area contributed by atoms with E-state index in [-0.39, 0.29) is 0 Å². The molecule has 1 aliphatic rings. The molecule has 1 unspecified atom stereocenters. The van der Waals surface area contributed by atoms with Crippen LogP contribution in [0.4, 0.5) is 0 Å². The van der Waals surface area contributed by atoms with Crippen molar-refractivity contribution in [2.75, 3.05) is 0 Å². The summed E-state index contributed by atoms with van der Waals surface area (Å²) in [5.74, 6) is 0. The molecule has 3 aromatic rings. The standard InChI is InChI=1S/C20H17ClN4O/c1-20(24-26,19-11-22-12-25(19)2)17-8-14-4-3-7-23-18(14)9-13-5-6-15(21)10-16(13)17/h3-8,10-12H,9H2,1-2H3. The van der Waals surface area contributed by atoms with E-state index in [9.17, 15) is 4.91 Å². The van der Waals surface area contributed by atoms with Crippen LogP contribution < -0.4 is 0 Å². The quantitative estimate of drug-likeness (QED) is 0.638. The van der Waals surface area contributed by atoms with Crippen LogP contribution in [0.15, 0.2) is 54.2 Å². The van der Waals surface area contributed by atoms with Gasteiger partial charge in [-0.3, -0.25) is 4.98 Å².